The summed E-state index contributed by atoms with van der Waals surface area (Å²) in [4.78, 5) is 12.3. The average Bonchev–Trinajstić information content (AvgIpc) is 2.67. The number of nitrogens with two attached hydrogens (primary N) is 1. The van der Waals surface area contributed by atoms with E-state index in [0.29, 0.717) is 11.4 Å². The molecule has 3 aromatic carbocycles. The minimum absolute atomic E-state index is 0.0419. The van der Waals surface area contributed by atoms with Crippen molar-refractivity contribution in [1.29, 1.82) is 0 Å². The van der Waals surface area contributed by atoms with Gasteiger partial charge in [0.1, 0.15) is 22.8 Å². The number of carbonyl (C=O) groups is 1. The lowest BCUT2D eigenvalue weighted by Crippen LogP contribution is -2.11. The van der Waals surface area contributed by atoms with Crippen molar-refractivity contribution in [2.75, 3.05) is 5.73 Å². The molecule has 0 spiro atoms. The van der Waals surface area contributed by atoms with Crippen LogP contribution >= 0.6 is 30.9 Å². The molecule has 0 aromatic heterocycles. The molecule has 30 heavy (non-hydrogen) atoms. The van der Waals surface area contributed by atoms with Gasteiger partial charge in [0.15, 0.2) is 0 Å². The molecule has 1 aliphatic heterocycles. The van der Waals surface area contributed by atoms with Gasteiger partial charge >= 0.3 is 5.97 Å². The van der Waals surface area contributed by atoms with Crippen LogP contribution in [0.4, 0.5) is 5.69 Å². The van der Waals surface area contributed by atoms with E-state index in [1.807, 2.05) is 24.3 Å². The Kier molecular flexibility index (Phi) is 5.96. The van der Waals surface area contributed by atoms with Crippen molar-refractivity contribution in [3.05, 3.63) is 72.3 Å². The maximum Gasteiger partial charge on any atom is 0.347 e. The Hall–Kier alpha value is -1.47. The highest BCUT2D eigenvalue weighted by atomic mass is 33.7. The zero-order chi connectivity index (χ0) is 21.5. The molecule has 4 rings (SSSR count). The van der Waals surface area contributed by atoms with Crippen LogP contribution in [0.1, 0.15) is 10.4 Å². The molecule has 5 nitrogen and oxygen atoms in total. The fraction of sp³-hybridized carbons (Fsp3) is 0. The van der Waals surface area contributed by atoms with Crippen molar-refractivity contribution in [2.24, 2.45) is 0 Å². The number of esters is 1. The summed E-state index contributed by atoms with van der Waals surface area (Å²) in [6.07, 6.45) is 0. The van der Waals surface area contributed by atoms with Gasteiger partial charge in [-0.05, 0) is 60.7 Å². The summed E-state index contributed by atoms with van der Waals surface area (Å²) in [6.45, 7) is 0. The van der Waals surface area contributed by atoms with E-state index in [2.05, 4.69) is 0 Å². The van der Waals surface area contributed by atoms with Gasteiger partial charge in [0.2, 0.25) is 0 Å². The first-order chi connectivity index (χ1) is 14.2. The van der Waals surface area contributed by atoms with E-state index in [9.17, 15) is 15.0 Å². The Morgan fingerprint density at radius 1 is 0.867 bits per heavy atom. The molecule has 154 valence electrons. The number of nitrogen functional groups attached to an aromatic ring is 1. The van der Waals surface area contributed by atoms with Crippen LogP contribution in [0.2, 0.25) is 0 Å². The smallest absolute Gasteiger partial charge is 0.347 e. The predicted octanol–water partition coefficient (Wildman–Crippen LogP) is 4.95. The van der Waals surface area contributed by atoms with Gasteiger partial charge in [-0.15, -0.1) is 0 Å². The molecule has 0 amide bonds. The Labute approximate surface area is 191 Å². The van der Waals surface area contributed by atoms with Gasteiger partial charge in [0.05, 0.1) is 8.88 Å². The van der Waals surface area contributed by atoms with Crippen LogP contribution in [0, 0.1) is 0 Å². The molecule has 3 aromatic rings. The molecular weight excluding hydrogens is 496 g/mol. The van der Waals surface area contributed by atoms with Gasteiger partial charge in [0, 0.05) is 22.4 Å². The van der Waals surface area contributed by atoms with Gasteiger partial charge in [-0.2, -0.15) is 0 Å². The quantitative estimate of drug-likeness (QED) is 0.195. The normalized spacial score (nSPS) is 22.8. The molecule has 1 saturated heterocycles. The highest BCUT2D eigenvalue weighted by molar-refractivity contribution is 9.48. The van der Waals surface area contributed by atoms with Crippen molar-refractivity contribution >= 4 is 76.8 Å². The van der Waals surface area contributed by atoms with E-state index < -0.39 is 14.9 Å². The summed E-state index contributed by atoms with van der Waals surface area (Å²) < 4.78 is 1.58. The minimum Gasteiger partial charge on any atom is -0.508 e. The highest BCUT2D eigenvalue weighted by Crippen LogP contribution is 3.04. The highest BCUT2D eigenvalue weighted by Gasteiger charge is 2.45. The Morgan fingerprint density at radius 2 is 1.40 bits per heavy atom. The zero-order valence-corrected chi connectivity index (χ0v) is 20.2. The number of hydrogen-bond donors (Lipinski definition) is 3. The van der Waals surface area contributed by atoms with E-state index in [1.165, 1.54) is 18.2 Å². The monoisotopic (exact) mass is 511 g/mol. The number of phenols is 2. The number of ether oxygens (including phenoxy) is 1. The third kappa shape index (κ3) is 4.28. The van der Waals surface area contributed by atoms with Crippen molar-refractivity contribution in [1.82, 2.24) is 0 Å². The van der Waals surface area contributed by atoms with Crippen LogP contribution in [0.15, 0.2) is 66.7 Å². The lowest BCUT2D eigenvalue weighted by Gasteiger charge is -2.40. The topological polar surface area (TPSA) is 92.8 Å². The molecule has 0 atom stereocenters. The van der Waals surface area contributed by atoms with Crippen LogP contribution in [0.3, 0.4) is 0 Å². The van der Waals surface area contributed by atoms with Gasteiger partial charge in [-0.3, -0.25) is 0 Å². The Balaban J connectivity index is 1.46. The van der Waals surface area contributed by atoms with Crippen LogP contribution in [0.25, 0.3) is 0 Å². The second-order valence-electron chi connectivity index (χ2n) is 6.33. The standard InChI is InChI=1S/C19H15NO4P2S4/c20-12-1-10-17(18(22)11-12)19(23)24-14-4-8-16(9-5-14)26(28)29-25(27,30-26)15-6-2-13(21)3-7-15/h1-11,21-22H,20H2. The number of hydrogen-bond acceptors (Lipinski definition) is 9. The lowest BCUT2D eigenvalue weighted by molar-refractivity contribution is 0.0732. The van der Waals surface area contributed by atoms with E-state index in [4.69, 9.17) is 34.1 Å². The largest absolute Gasteiger partial charge is 0.508 e. The molecule has 1 fully saturated rings. The Bertz CT molecular complexity index is 1220. The summed E-state index contributed by atoms with van der Waals surface area (Å²) in [5.41, 5.74) is 5.98. The molecule has 0 unspecified atom stereocenters. The van der Waals surface area contributed by atoms with Crippen LogP contribution in [-0.2, 0) is 23.6 Å². The third-order valence-electron chi connectivity index (χ3n) is 4.20. The van der Waals surface area contributed by atoms with Crippen molar-refractivity contribution in [2.45, 2.75) is 0 Å². The third-order valence-corrected chi connectivity index (χ3v) is 35.4. The maximum atomic E-state index is 12.3. The molecule has 1 heterocycles. The van der Waals surface area contributed by atoms with Gasteiger partial charge in [-0.1, -0.05) is 45.6 Å². The van der Waals surface area contributed by atoms with E-state index in [-0.39, 0.29) is 17.1 Å². The Morgan fingerprint density at radius 3 is 1.93 bits per heavy atom. The van der Waals surface area contributed by atoms with E-state index >= 15 is 0 Å². The number of phenolic OH excluding ortho intramolecular Hbond substituents is 2. The lowest BCUT2D eigenvalue weighted by atomic mass is 10.2. The van der Waals surface area contributed by atoms with Crippen LogP contribution in [0.5, 0.6) is 17.2 Å². The second kappa shape index (κ2) is 8.23. The molecule has 0 radical (unpaired) electrons. The number of aromatic hydroxyl groups is 2. The van der Waals surface area contributed by atoms with Crippen LogP contribution in [-0.4, -0.2) is 16.2 Å². The van der Waals surface area contributed by atoms with Gasteiger partial charge < -0.3 is 20.7 Å². The SMILES string of the molecule is Nc1ccc(C(=O)Oc2ccc(P3(=S)SP(=S)(c4ccc(O)cc4)S3)cc2)c(O)c1. The predicted molar refractivity (Wildman–Crippen MR) is 135 cm³/mol. The fourth-order valence-corrected chi connectivity index (χ4v) is 45.0. The first kappa shape index (κ1) is 21.8. The maximum absolute atomic E-state index is 12.3. The van der Waals surface area contributed by atoms with Crippen molar-refractivity contribution in [3.63, 3.8) is 0 Å². The second-order valence-corrected chi connectivity index (χ2v) is 27.6. The van der Waals surface area contributed by atoms with Crippen LogP contribution < -0.4 is 21.1 Å². The summed E-state index contributed by atoms with van der Waals surface area (Å²) in [7, 11) is 0. The fourth-order valence-electron chi connectivity index (χ4n) is 2.69. The van der Waals surface area contributed by atoms with E-state index in [0.717, 1.165) is 10.6 Å². The van der Waals surface area contributed by atoms with Crippen molar-refractivity contribution in [3.8, 4) is 17.2 Å². The summed E-state index contributed by atoms with van der Waals surface area (Å²) in [5.74, 6) is -0.324. The first-order valence-corrected chi connectivity index (χ1v) is 18.2. The van der Waals surface area contributed by atoms with Gasteiger partial charge in [-0.25, -0.2) is 4.79 Å². The number of carbonyl (C=O) groups excluding carboxylic acids is 1. The summed E-state index contributed by atoms with van der Waals surface area (Å²) in [6, 6.07) is 18.4. The molecule has 4 N–H and O–H groups in total. The number of rotatable bonds is 4. The molecule has 0 aliphatic carbocycles. The molecular formula is C19H15NO4P2S4. The van der Waals surface area contributed by atoms with Crippen molar-refractivity contribution < 1.29 is 19.7 Å². The zero-order valence-electron chi connectivity index (χ0n) is 15.2. The minimum atomic E-state index is -1.91. The summed E-state index contributed by atoms with van der Waals surface area (Å²) >= 11 is 15.2. The van der Waals surface area contributed by atoms with Gasteiger partial charge in [0.25, 0.3) is 0 Å². The number of anilines is 1. The first-order valence-electron chi connectivity index (χ1n) is 8.52. The van der Waals surface area contributed by atoms with E-state index in [1.54, 1.807) is 46.3 Å². The molecule has 0 saturated carbocycles. The molecule has 0 bridgehead atoms. The molecule has 1 aliphatic rings. The molecule has 11 heteroatoms. The average molecular weight is 512 g/mol. The number of benzene rings is 3. The summed E-state index contributed by atoms with van der Waals surface area (Å²) in [5, 5.41) is 21.4.